The van der Waals surface area contributed by atoms with Gasteiger partial charge in [-0.3, -0.25) is 24.5 Å². The number of halogens is 3. The molecule has 1 unspecified atom stereocenters. The van der Waals surface area contributed by atoms with Crippen LogP contribution in [0.5, 0.6) is 5.75 Å². The van der Waals surface area contributed by atoms with Crippen molar-refractivity contribution in [1.82, 2.24) is 30.0 Å². The Labute approximate surface area is 359 Å². The number of piperazine rings is 1. The third kappa shape index (κ3) is 8.77. The summed E-state index contributed by atoms with van der Waals surface area (Å²) < 4.78 is 53.5. The molecule has 0 bridgehead atoms. The zero-order valence-electron chi connectivity index (χ0n) is 35.1. The average molecular weight is 852 g/mol. The number of hydrogen-bond acceptors (Lipinski definition) is 9. The summed E-state index contributed by atoms with van der Waals surface area (Å²) in [5, 5.41) is 2.83. The molecule has 4 amide bonds. The number of likely N-dealkylation sites (tertiary alicyclic amines) is 1. The monoisotopic (exact) mass is 851 g/mol. The van der Waals surface area contributed by atoms with Crippen LogP contribution < -0.4 is 15.0 Å². The maximum atomic E-state index is 16.4. The molecule has 4 aromatic rings. The van der Waals surface area contributed by atoms with Gasteiger partial charge in [-0.25, -0.2) is 23.1 Å². The number of ether oxygens (including phenoxy) is 1. The molecule has 1 N–H and O–H groups in total. The van der Waals surface area contributed by atoms with Crippen molar-refractivity contribution in [2.45, 2.75) is 83.2 Å². The van der Waals surface area contributed by atoms with Gasteiger partial charge in [-0.1, -0.05) is 38.0 Å². The lowest BCUT2D eigenvalue weighted by molar-refractivity contribution is -0.137. The highest BCUT2D eigenvalue weighted by atomic mass is 19.1. The molecule has 1 aromatic heterocycles. The molecule has 3 aromatic carbocycles. The maximum absolute atomic E-state index is 16.4. The third-order valence-electron chi connectivity index (χ3n) is 12.9. The van der Waals surface area contributed by atoms with Crippen LogP contribution in [0.4, 0.5) is 19.0 Å². The second-order valence-electron chi connectivity index (χ2n) is 16.8. The molecule has 5 heterocycles. The first-order valence-electron chi connectivity index (χ1n) is 21.7. The Hall–Kier alpha value is -5.83. The second kappa shape index (κ2) is 18.6. The van der Waals surface area contributed by atoms with Crippen molar-refractivity contribution in [3.63, 3.8) is 0 Å². The topological polar surface area (TPSA) is 128 Å². The first-order chi connectivity index (χ1) is 30.0. The molecule has 8 rings (SSSR count). The highest BCUT2D eigenvalue weighted by molar-refractivity contribution is 6.05. The van der Waals surface area contributed by atoms with E-state index in [-0.39, 0.29) is 71.2 Å². The molecule has 1 atom stereocenters. The number of aryl methyl sites for hydroxylation is 1. The SMILES string of the molecule is C=CC(=O)N1CCN(c2ncnc3c(F)c(-c4c(F)cccc4OCCCCCCCN4CCC(c5cc6c(cc5F)C(=O)N(C5CCC(=O)NC5=O)C6)CC4)c(C)cc23)CC1. The number of anilines is 1. The quantitative estimate of drug-likeness (QED) is 0.0826. The predicted molar refractivity (Wildman–Crippen MR) is 228 cm³/mol. The molecule has 3 saturated heterocycles. The largest absolute Gasteiger partial charge is 0.493 e. The lowest BCUT2D eigenvalue weighted by Gasteiger charge is -2.35. The van der Waals surface area contributed by atoms with E-state index in [1.165, 1.54) is 29.4 Å². The van der Waals surface area contributed by atoms with Gasteiger partial charge in [-0.2, -0.15) is 0 Å². The minimum Gasteiger partial charge on any atom is -0.493 e. The van der Waals surface area contributed by atoms with E-state index >= 15 is 13.2 Å². The van der Waals surface area contributed by atoms with Crippen LogP contribution in [0.25, 0.3) is 22.0 Å². The zero-order valence-corrected chi connectivity index (χ0v) is 35.1. The van der Waals surface area contributed by atoms with Gasteiger partial charge in [0.15, 0.2) is 5.82 Å². The average Bonchev–Trinajstić information content (AvgIpc) is 3.58. The smallest absolute Gasteiger partial charge is 0.255 e. The Morgan fingerprint density at radius 3 is 2.42 bits per heavy atom. The number of imide groups is 1. The van der Waals surface area contributed by atoms with Crippen molar-refractivity contribution in [3.8, 4) is 16.9 Å². The minimum absolute atomic E-state index is 0.0487. The molecule has 0 radical (unpaired) electrons. The van der Waals surface area contributed by atoms with Gasteiger partial charge in [0.1, 0.15) is 41.1 Å². The van der Waals surface area contributed by atoms with Crippen molar-refractivity contribution in [2.24, 2.45) is 0 Å². The summed E-state index contributed by atoms with van der Waals surface area (Å²) >= 11 is 0. The molecule has 4 aliphatic rings. The maximum Gasteiger partial charge on any atom is 0.255 e. The van der Waals surface area contributed by atoms with Crippen LogP contribution in [0.2, 0.25) is 0 Å². The molecule has 0 spiro atoms. The summed E-state index contributed by atoms with van der Waals surface area (Å²) in [4.78, 5) is 65.6. The minimum atomic E-state index is -0.729. The number of nitrogens with one attached hydrogen (secondary N) is 1. The number of rotatable bonds is 14. The zero-order chi connectivity index (χ0) is 43.5. The highest BCUT2D eigenvalue weighted by Gasteiger charge is 2.40. The van der Waals surface area contributed by atoms with Crippen molar-refractivity contribution in [3.05, 3.63) is 95.1 Å². The fourth-order valence-electron chi connectivity index (χ4n) is 9.51. The van der Waals surface area contributed by atoms with Gasteiger partial charge in [0, 0.05) is 55.7 Å². The van der Waals surface area contributed by atoms with E-state index in [0.29, 0.717) is 60.7 Å². The molecule has 326 valence electrons. The first kappa shape index (κ1) is 42.8. The number of nitrogens with zero attached hydrogens (tertiary/aromatic N) is 6. The van der Waals surface area contributed by atoms with Crippen LogP contribution in [0.15, 0.2) is 55.4 Å². The summed E-state index contributed by atoms with van der Waals surface area (Å²) in [6, 6.07) is 8.73. The number of hydrogen-bond donors (Lipinski definition) is 1. The molecule has 0 saturated carbocycles. The van der Waals surface area contributed by atoms with Gasteiger partial charge < -0.3 is 24.3 Å². The molecule has 3 fully saturated rings. The Balaban J connectivity index is 0.790. The Morgan fingerprint density at radius 2 is 1.66 bits per heavy atom. The van der Waals surface area contributed by atoms with Gasteiger partial charge in [-0.15, -0.1) is 0 Å². The molecular weight excluding hydrogens is 800 g/mol. The van der Waals surface area contributed by atoms with Crippen LogP contribution in [0.3, 0.4) is 0 Å². The van der Waals surface area contributed by atoms with E-state index in [1.807, 2.05) is 11.0 Å². The fraction of sp³-hybridized carbons (Fsp3) is 0.447. The number of aromatic nitrogens is 2. The van der Waals surface area contributed by atoms with Crippen LogP contribution in [-0.2, 0) is 20.9 Å². The normalized spacial score (nSPS) is 18.7. The number of carbonyl (C=O) groups is 4. The second-order valence-corrected chi connectivity index (χ2v) is 16.8. The number of piperidine rings is 2. The van der Waals surface area contributed by atoms with Crippen LogP contribution in [-0.4, -0.2) is 107 Å². The van der Waals surface area contributed by atoms with Gasteiger partial charge in [0.2, 0.25) is 17.7 Å². The Kier molecular flexibility index (Phi) is 12.9. The fourth-order valence-corrected chi connectivity index (χ4v) is 9.51. The third-order valence-corrected chi connectivity index (χ3v) is 12.9. The van der Waals surface area contributed by atoms with Gasteiger partial charge >= 0.3 is 0 Å². The Morgan fingerprint density at radius 1 is 0.903 bits per heavy atom. The summed E-state index contributed by atoms with van der Waals surface area (Å²) in [6.07, 6.45) is 9.43. The van der Waals surface area contributed by atoms with Crippen LogP contribution in [0, 0.1) is 24.4 Å². The number of benzene rings is 3. The summed E-state index contributed by atoms with van der Waals surface area (Å²) in [6.45, 7) is 10.6. The highest BCUT2D eigenvalue weighted by Crippen LogP contribution is 2.41. The predicted octanol–water partition coefficient (Wildman–Crippen LogP) is 6.83. The van der Waals surface area contributed by atoms with Crippen molar-refractivity contribution in [1.29, 1.82) is 0 Å². The molecule has 62 heavy (non-hydrogen) atoms. The number of amides is 4. The number of fused-ring (bicyclic) bond motifs is 2. The van der Waals surface area contributed by atoms with E-state index in [9.17, 15) is 19.2 Å². The van der Waals surface area contributed by atoms with E-state index in [1.54, 1.807) is 30.0 Å². The molecular formula is C47H52F3N7O5. The molecule has 0 aliphatic carbocycles. The first-order valence-corrected chi connectivity index (χ1v) is 21.7. The van der Waals surface area contributed by atoms with Crippen molar-refractivity contribution in [2.75, 3.05) is 57.3 Å². The lowest BCUT2D eigenvalue weighted by Crippen LogP contribution is -2.52. The van der Waals surface area contributed by atoms with Crippen molar-refractivity contribution >= 4 is 40.3 Å². The lowest BCUT2D eigenvalue weighted by atomic mass is 9.87. The van der Waals surface area contributed by atoms with E-state index in [0.717, 1.165) is 70.1 Å². The van der Waals surface area contributed by atoms with Crippen LogP contribution in [0.1, 0.15) is 90.8 Å². The van der Waals surface area contributed by atoms with Gasteiger partial charge in [0.25, 0.3) is 5.91 Å². The molecule has 12 nitrogen and oxygen atoms in total. The molecule has 15 heteroatoms. The van der Waals surface area contributed by atoms with Gasteiger partial charge in [-0.05, 0) is 112 Å². The standard InChI is InChI=1S/C47H52F3N7O5/c1-3-40(59)55-19-21-56(22-20-55)45-34-24-29(2)41(43(50)44(34)51-28-52-45)42-35(48)10-9-11-38(42)62-23-8-6-4-5-7-16-54-17-14-30(15-18-54)32-25-31-27-57(47(61)33(31)26-36(32)49)37-12-13-39(58)53-46(37)60/h3,9-11,24-26,28,30,37H,1,4-8,12-23,27H2,2H3,(H,53,58,60). The van der Waals surface area contributed by atoms with Crippen LogP contribution >= 0.6 is 0 Å². The Bertz CT molecular complexity index is 2400. The van der Waals surface area contributed by atoms with E-state index in [4.69, 9.17) is 4.74 Å². The van der Waals surface area contributed by atoms with Gasteiger partial charge in [0.05, 0.1) is 12.2 Å². The van der Waals surface area contributed by atoms with E-state index in [2.05, 4.69) is 26.8 Å². The summed E-state index contributed by atoms with van der Waals surface area (Å²) in [7, 11) is 0. The van der Waals surface area contributed by atoms with E-state index < -0.39 is 23.6 Å². The number of unbranched alkanes of at least 4 members (excludes halogenated alkanes) is 4. The summed E-state index contributed by atoms with van der Waals surface area (Å²) in [5.74, 6) is -2.05. The number of carbonyl (C=O) groups excluding carboxylic acids is 4. The summed E-state index contributed by atoms with van der Waals surface area (Å²) in [5.41, 5.74) is 2.43. The molecule has 4 aliphatic heterocycles. The van der Waals surface area contributed by atoms with Crippen molar-refractivity contribution < 1.29 is 37.1 Å².